The zero-order valence-electron chi connectivity index (χ0n) is 19.0. The van der Waals surface area contributed by atoms with E-state index in [1.54, 1.807) is 6.07 Å². The molecule has 6 rings (SSSR count). The fraction of sp³-hybridized carbons (Fsp3) is 0.625. The quantitative estimate of drug-likeness (QED) is 0.599. The van der Waals surface area contributed by atoms with Crippen molar-refractivity contribution in [3.63, 3.8) is 0 Å². The number of carbonyl (C=O) groups is 1. The number of halogens is 3. The minimum absolute atomic E-state index is 0.0473. The first kappa shape index (κ1) is 22.8. The summed E-state index contributed by atoms with van der Waals surface area (Å²) in [4.78, 5) is 20.7. The highest BCUT2D eigenvalue weighted by Crippen LogP contribution is 2.64. The predicted molar refractivity (Wildman–Crippen MR) is 114 cm³/mol. The van der Waals surface area contributed by atoms with Crippen molar-refractivity contribution < 1.29 is 37.0 Å². The van der Waals surface area contributed by atoms with Crippen LogP contribution in [0.5, 0.6) is 0 Å². The Bertz CT molecular complexity index is 1140. The maximum atomic E-state index is 13.7. The molecule has 186 valence electrons. The molecule has 1 aromatic carbocycles. The van der Waals surface area contributed by atoms with E-state index in [2.05, 4.69) is 5.16 Å². The fourth-order valence-electron chi connectivity index (χ4n) is 6.51. The smallest absolute Gasteiger partial charge is 0.364 e. The van der Waals surface area contributed by atoms with E-state index in [9.17, 15) is 18.0 Å². The largest absolute Gasteiger partial charge is 0.417 e. The van der Waals surface area contributed by atoms with Gasteiger partial charge in [0.15, 0.2) is 0 Å². The normalized spacial score (nSPS) is 39.1. The van der Waals surface area contributed by atoms with Gasteiger partial charge in [-0.05, 0) is 38.0 Å². The van der Waals surface area contributed by atoms with Crippen LogP contribution in [0.3, 0.4) is 0 Å². The molecule has 5 heterocycles. The minimum Gasteiger partial charge on any atom is -0.364 e. The van der Waals surface area contributed by atoms with Crippen molar-refractivity contribution in [2.24, 2.45) is 17.0 Å². The van der Waals surface area contributed by atoms with Crippen molar-refractivity contribution in [2.45, 2.75) is 68.9 Å². The fourth-order valence-corrected chi connectivity index (χ4v) is 6.51. The van der Waals surface area contributed by atoms with Crippen LogP contribution in [0, 0.1) is 23.2 Å². The Balaban J connectivity index is 1.37. The van der Waals surface area contributed by atoms with Crippen molar-refractivity contribution in [3.8, 4) is 6.07 Å². The van der Waals surface area contributed by atoms with Crippen LogP contribution in [-0.4, -0.2) is 48.6 Å². The molecule has 5 aliphatic heterocycles. The number of amides is 1. The lowest BCUT2D eigenvalue weighted by Crippen LogP contribution is -2.55. The number of oxime groups is 1. The van der Waals surface area contributed by atoms with Crippen LogP contribution in [-0.2, 0) is 30.0 Å². The molecule has 35 heavy (non-hydrogen) atoms. The third-order valence-corrected chi connectivity index (χ3v) is 7.93. The van der Waals surface area contributed by atoms with Gasteiger partial charge in [0, 0.05) is 24.9 Å². The predicted octanol–water partition coefficient (Wildman–Crippen LogP) is 3.73. The van der Waals surface area contributed by atoms with Crippen LogP contribution < -0.4 is 4.90 Å². The standard InChI is InChI=1S/C24H24F3N3O5/c1-22-11-16(29-34-17-4-2-3-8-32-17)23(35-22)7-9-33-21-19(23)18(22)20(31)30(21)14-6-5-13(12-28)15(10-14)24(25,26)27/h5-6,10,17-19,21H,2-4,7-9,11H2,1H3/t17?,18-,19+,21+,22-,23+/m1/s1. The van der Waals surface area contributed by atoms with Crippen LogP contribution in [0.4, 0.5) is 18.9 Å². The van der Waals surface area contributed by atoms with E-state index in [4.69, 9.17) is 24.3 Å². The molecule has 0 aromatic heterocycles. The Hall–Kier alpha value is -2.68. The third-order valence-electron chi connectivity index (χ3n) is 7.93. The first-order valence-electron chi connectivity index (χ1n) is 11.8. The highest BCUT2D eigenvalue weighted by Gasteiger charge is 2.77. The van der Waals surface area contributed by atoms with Crippen molar-refractivity contribution >= 4 is 17.3 Å². The number of hydrogen-bond acceptors (Lipinski definition) is 7. The number of nitriles is 1. The van der Waals surface area contributed by atoms with Crippen LogP contribution in [0.25, 0.3) is 0 Å². The van der Waals surface area contributed by atoms with Crippen LogP contribution >= 0.6 is 0 Å². The Morgan fingerprint density at radius 2 is 2.09 bits per heavy atom. The van der Waals surface area contributed by atoms with Crippen molar-refractivity contribution in [3.05, 3.63) is 29.3 Å². The summed E-state index contributed by atoms with van der Waals surface area (Å²) < 4.78 is 59.0. The molecule has 2 bridgehead atoms. The number of anilines is 1. The zero-order valence-corrected chi connectivity index (χ0v) is 19.0. The Labute approximate surface area is 199 Å². The lowest BCUT2D eigenvalue weighted by atomic mass is 9.65. The van der Waals surface area contributed by atoms with E-state index in [0.717, 1.165) is 31.4 Å². The molecule has 0 radical (unpaired) electrons. The van der Waals surface area contributed by atoms with E-state index in [1.165, 1.54) is 11.0 Å². The van der Waals surface area contributed by atoms with Gasteiger partial charge in [-0.1, -0.05) is 5.16 Å². The van der Waals surface area contributed by atoms with Gasteiger partial charge in [0.05, 0.1) is 53.6 Å². The molecule has 11 heteroatoms. The Morgan fingerprint density at radius 1 is 1.26 bits per heavy atom. The van der Waals surface area contributed by atoms with E-state index >= 15 is 0 Å². The van der Waals surface area contributed by atoms with E-state index in [1.807, 2.05) is 6.92 Å². The second-order valence-electron chi connectivity index (χ2n) is 9.98. The molecule has 0 aliphatic carbocycles. The highest BCUT2D eigenvalue weighted by molar-refractivity contribution is 6.06. The summed E-state index contributed by atoms with van der Waals surface area (Å²) in [6.07, 6.45) is -2.41. The molecule has 8 nitrogen and oxygen atoms in total. The molecule has 5 saturated heterocycles. The van der Waals surface area contributed by atoms with E-state index in [-0.39, 0.29) is 18.2 Å². The molecule has 0 N–H and O–H groups in total. The summed E-state index contributed by atoms with van der Waals surface area (Å²) in [5.41, 5.74) is -2.61. The first-order chi connectivity index (χ1) is 16.7. The number of ether oxygens (including phenoxy) is 3. The number of carbonyl (C=O) groups excluding carboxylic acids is 1. The molecule has 1 amide bonds. The number of hydrogen-bond donors (Lipinski definition) is 0. The SMILES string of the molecule is C[C@@]12CC(=NOC3CCCCO3)[C@]3(CCO[C@H]4[C@@H]3[C@@H]1C(=O)N4c1ccc(C#N)c(C(F)(F)F)c1)O2. The summed E-state index contributed by atoms with van der Waals surface area (Å²) in [6, 6.07) is 4.88. The monoisotopic (exact) mass is 491 g/mol. The van der Waals surface area contributed by atoms with Gasteiger partial charge in [-0.2, -0.15) is 18.4 Å². The second kappa shape index (κ2) is 7.66. The molecule has 1 unspecified atom stereocenters. The Kier molecular flexibility index (Phi) is 4.98. The molecule has 5 aliphatic rings. The number of nitrogens with zero attached hydrogens (tertiary/aromatic N) is 3. The average Bonchev–Trinajstić information content (AvgIpc) is 3.40. The maximum absolute atomic E-state index is 13.7. The topological polar surface area (TPSA) is 93.4 Å². The van der Waals surface area contributed by atoms with Gasteiger partial charge in [-0.3, -0.25) is 9.69 Å². The van der Waals surface area contributed by atoms with Crippen molar-refractivity contribution in [2.75, 3.05) is 18.1 Å². The van der Waals surface area contributed by atoms with Crippen molar-refractivity contribution in [1.29, 1.82) is 5.26 Å². The van der Waals surface area contributed by atoms with Crippen molar-refractivity contribution in [1.82, 2.24) is 0 Å². The molecular weight excluding hydrogens is 467 g/mol. The van der Waals surface area contributed by atoms with Gasteiger partial charge < -0.3 is 19.0 Å². The summed E-state index contributed by atoms with van der Waals surface area (Å²) >= 11 is 0. The Morgan fingerprint density at radius 3 is 2.80 bits per heavy atom. The summed E-state index contributed by atoms with van der Waals surface area (Å²) in [7, 11) is 0. The molecule has 1 spiro atoms. The van der Waals surface area contributed by atoms with Gasteiger partial charge in [-0.15, -0.1) is 0 Å². The zero-order chi connectivity index (χ0) is 24.6. The third kappa shape index (κ3) is 3.23. The molecule has 6 atom stereocenters. The van der Waals surface area contributed by atoms with E-state index in [0.29, 0.717) is 25.2 Å². The average molecular weight is 491 g/mol. The maximum Gasteiger partial charge on any atom is 0.417 e. The second-order valence-corrected chi connectivity index (χ2v) is 9.98. The molecule has 1 aromatic rings. The molecular formula is C24H24F3N3O5. The lowest BCUT2D eigenvalue weighted by Gasteiger charge is -2.42. The van der Waals surface area contributed by atoms with Gasteiger partial charge in [0.1, 0.15) is 11.8 Å². The van der Waals surface area contributed by atoms with Crippen LogP contribution in [0.1, 0.15) is 50.2 Å². The molecule has 5 fully saturated rings. The van der Waals surface area contributed by atoms with Crippen LogP contribution in [0.2, 0.25) is 0 Å². The lowest BCUT2D eigenvalue weighted by molar-refractivity contribution is -0.164. The summed E-state index contributed by atoms with van der Waals surface area (Å²) in [5.74, 6) is -1.38. The summed E-state index contributed by atoms with van der Waals surface area (Å²) in [5, 5.41) is 13.6. The van der Waals surface area contributed by atoms with E-state index < -0.39 is 52.9 Å². The number of alkyl halides is 3. The number of benzene rings is 1. The molecule has 0 saturated carbocycles. The first-order valence-corrected chi connectivity index (χ1v) is 11.8. The van der Waals surface area contributed by atoms with Crippen LogP contribution in [0.15, 0.2) is 23.4 Å². The van der Waals surface area contributed by atoms with Gasteiger partial charge in [0.25, 0.3) is 0 Å². The van der Waals surface area contributed by atoms with Gasteiger partial charge in [-0.25, -0.2) is 0 Å². The summed E-state index contributed by atoms with van der Waals surface area (Å²) in [6.45, 7) is 2.70. The van der Waals surface area contributed by atoms with Gasteiger partial charge >= 0.3 is 6.18 Å². The number of fused-ring (bicyclic) bond motifs is 2. The minimum atomic E-state index is -4.74. The highest BCUT2D eigenvalue weighted by atomic mass is 19.4. The van der Waals surface area contributed by atoms with Gasteiger partial charge in [0.2, 0.25) is 12.2 Å². The number of rotatable bonds is 3.